The summed E-state index contributed by atoms with van der Waals surface area (Å²) in [4.78, 5) is 30.0. The van der Waals surface area contributed by atoms with Gasteiger partial charge in [0.05, 0.1) is 6.61 Å². The van der Waals surface area contributed by atoms with Crippen molar-refractivity contribution in [2.75, 3.05) is 31.6 Å². The number of aliphatic hydroxyl groups is 1. The normalized spacial score (nSPS) is 15.8. The number of rotatable bonds is 5. The Bertz CT molecular complexity index is 1140. The van der Waals surface area contributed by atoms with E-state index in [1.54, 1.807) is 13.2 Å². The number of amides is 1. The second kappa shape index (κ2) is 7.42. The zero-order valence-corrected chi connectivity index (χ0v) is 17.7. The first-order valence-electron chi connectivity index (χ1n) is 10.5. The third-order valence-corrected chi connectivity index (χ3v) is 6.31. The lowest BCUT2D eigenvalue weighted by atomic mass is 9.97. The van der Waals surface area contributed by atoms with E-state index in [9.17, 15) is 4.79 Å². The molecule has 7 heteroatoms. The number of anilines is 2. The number of pyridine rings is 1. The summed E-state index contributed by atoms with van der Waals surface area (Å²) in [5, 5.41) is 9.15. The highest BCUT2D eigenvalue weighted by Crippen LogP contribution is 2.57. The van der Waals surface area contributed by atoms with Crippen LogP contribution in [0, 0.1) is 6.92 Å². The highest BCUT2D eigenvalue weighted by molar-refractivity contribution is 5.96. The monoisotopic (exact) mass is 415 g/mol. The number of carbonyl (C=O) groups is 1. The summed E-state index contributed by atoms with van der Waals surface area (Å²) in [5.74, 6) is 0.547. The van der Waals surface area contributed by atoms with E-state index in [0.717, 1.165) is 41.9 Å². The van der Waals surface area contributed by atoms with Gasteiger partial charge in [-0.25, -0.2) is 9.97 Å². The van der Waals surface area contributed by atoms with Crippen molar-refractivity contribution >= 4 is 17.5 Å². The number of benzene rings is 1. The van der Waals surface area contributed by atoms with Crippen LogP contribution >= 0.6 is 0 Å². The summed E-state index contributed by atoms with van der Waals surface area (Å²) in [7, 11) is 1.70. The maximum absolute atomic E-state index is 12.7. The van der Waals surface area contributed by atoms with Gasteiger partial charge in [0.1, 0.15) is 0 Å². The largest absolute Gasteiger partial charge is 0.395 e. The van der Waals surface area contributed by atoms with E-state index in [1.807, 2.05) is 43.6 Å². The zero-order chi connectivity index (χ0) is 21.6. The van der Waals surface area contributed by atoms with Gasteiger partial charge in [-0.15, -0.1) is 0 Å². The molecule has 2 aromatic heterocycles. The van der Waals surface area contributed by atoms with Crippen LogP contribution in [0.25, 0.3) is 11.1 Å². The van der Waals surface area contributed by atoms with Crippen molar-refractivity contribution in [3.63, 3.8) is 0 Å². The quantitative estimate of drug-likeness (QED) is 0.690. The van der Waals surface area contributed by atoms with Crippen LogP contribution in [-0.4, -0.2) is 57.6 Å². The molecule has 0 atom stereocenters. The Morgan fingerprint density at radius 3 is 2.58 bits per heavy atom. The van der Waals surface area contributed by atoms with Crippen LogP contribution in [0.4, 0.5) is 11.6 Å². The first-order chi connectivity index (χ1) is 15.0. The maximum Gasteiger partial charge on any atom is 0.253 e. The van der Waals surface area contributed by atoms with Gasteiger partial charge in [0.25, 0.3) is 5.91 Å². The fraction of sp³-hybridized carbons (Fsp3) is 0.333. The highest BCUT2D eigenvalue weighted by Gasteiger charge is 2.52. The predicted molar refractivity (Wildman–Crippen MR) is 118 cm³/mol. The average Bonchev–Trinajstić information content (AvgIpc) is 3.50. The number of aryl methyl sites for hydroxylation is 1. The van der Waals surface area contributed by atoms with Gasteiger partial charge in [-0.3, -0.25) is 9.78 Å². The molecule has 0 bridgehead atoms. The molecule has 3 heterocycles. The molecule has 1 amide bonds. The molecule has 1 aliphatic heterocycles. The van der Waals surface area contributed by atoms with Gasteiger partial charge in [-0.05, 0) is 55.2 Å². The number of nitrogens with zero attached hydrogens (tertiary/aromatic N) is 5. The molecular formula is C24H25N5O2. The molecule has 1 aromatic carbocycles. The van der Waals surface area contributed by atoms with Crippen LogP contribution in [-0.2, 0) is 5.41 Å². The minimum atomic E-state index is -0.0992. The van der Waals surface area contributed by atoms with E-state index in [2.05, 4.69) is 25.9 Å². The molecule has 0 radical (unpaired) electrons. The molecular weight excluding hydrogens is 390 g/mol. The molecule has 7 nitrogen and oxygen atoms in total. The summed E-state index contributed by atoms with van der Waals surface area (Å²) in [6.07, 6.45) is 7.76. The van der Waals surface area contributed by atoms with Crippen molar-refractivity contribution in [2.45, 2.75) is 25.2 Å². The van der Waals surface area contributed by atoms with Crippen LogP contribution < -0.4 is 4.90 Å². The van der Waals surface area contributed by atoms with Gasteiger partial charge in [-0.1, -0.05) is 6.07 Å². The molecule has 1 N–H and O–H groups in total. The summed E-state index contributed by atoms with van der Waals surface area (Å²) in [6.45, 7) is 3.05. The van der Waals surface area contributed by atoms with Crippen molar-refractivity contribution in [1.82, 2.24) is 19.9 Å². The Morgan fingerprint density at radius 1 is 1.13 bits per heavy atom. The lowest BCUT2D eigenvalue weighted by Crippen LogP contribution is -2.29. The van der Waals surface area contributed by atoms with Crippen LogP contribution in [0.3, 0.4) is 0 Å². The summed E-state index contributed by atoms with van der Waals surface area (Å²) in [5.41, 5.74) is 5.98. The van der Waals surface area contributed by atoms with Gasteiger partial charge in [0.15, 0.2) is 0 Å². The molecule has 3 aromatic rings. The molecule has 0 saturated heterocycles. The van der Waals surface area contributed by atoms with Gasteiger partial charge in [-0.2, -0.15) is 0 Å². The number of aromatic nitrogens is 3. The standard InChI is InChI=1S/C24H25N5O2/c1-16-11-17(5-8-25-16)19-13-26-23(27-14-19)29-15-24(6-7-24)20-4-3-18(12-21(20)29)22(31)28(2)9-10-30/h3-5,8,11-14,30H,6-7,9-10,15H2,1-2H3. The Morgan fingerprint density at radius 2 is 1.90 bits per heavy atom. The predicted octanol–water partition coefficient (Wildman–Crippen LogP) is 3.09. The smallest absolute Gasteiger partial charge is 0.253 e. The minimum Gasteiger partial charge on any atom is -0.395 e. The van der Waals surface area contributed by atoms with E-state index in [4.69, 9.17) is 5.11 Å². The molecule has 1 saturated carbocycles. The van der Waals surface area contributed by atoms with Crippen molar-refractivity contribution < 1.29 is 9.90 Å². The van der Waals surface area contributed by atoms with Crippen molar-refractivity contribution in [2.24, 2.45) is 0 Å². The molecule has 1 fully saturated rings. The van der Waals surface area contributed by atoms with E-state index in [-0.39, 0.29) is 17.9 Å². The van der Waals surface area contributed by atoms with Crippen molar-refractivity contribution in [1.29, 1.82) is 0 Å². The van der Waals surface area contributed by atoms with Gasteiger partial charge < -0.3 is 14.9 Å². The number of aliphatic hydroxyl groups excluding tert-OH is 1. The summed E-state index contributed by atoms with van der Waals surface area (Å²) < 4.78 is 0. The Hall–Kier alpha value is -3.32. The average molecular weight is 415 g/mol. The molecule has 0 unspecified atom stereocenters. The summed E-state index contributed by atoms with van der Waals surface area (Å²) >= 11 is 0. The van der Waals surface area contributed by atoms with Crippen LogP contribution in [0.15, 0.2) is 48.9 Å². The second-order valence-electron chi connectivity index (χ2n) is 8.51. The SMILES string of the molecule is Cc1cc(-c2cnc(N3CC4(CC4)c4ccc(C(=O)N(C)CCO)cc43)nc2)ccn1. The van der Waals surface area contributed by atoms with E-state index in [0.29, 0.717) is 18.1 Å². The number of likely N-dealkylation sites (N-methyl/N-ethyl adjacent to an activating group) is 1. The van der Waals surface area contributed by atoms with Crippen LogP contribution in [0.1, 0.15) is 34.5 Å². The Kier molecular flexibility index (Phi) is 4.70. The van der Waals surface area contributed by atoms with Crippen molar-refractivity contribution in [3.05, 3.63) is 65.7 Å². The zero-order valence-electron chi connectivity index (χ0n) is 17.7. The second-order valence-corrected chi connectivity index (χ2v) is 8.51. The first kappa shape index (κ1) is 19.6. The fourth-order valence-corrected chi connectivity index (χ4v) is 4.37. The molecule has 158 valence electrons. The van der Waals surface area contributed by atoms with Gasteiger partial charge >= 0.3 is 0 Å². The number of hydrogen-bond acceptors (Lipinski definition) is 6. The van der Waals surface area contributed by atoms with Gasteiger partial charge in [0.2, 0.25) is 5.95 Å². The van der Waals surface area contributed by atoms with E-state index >= 15 is 0 Å². The molecule has 1 aliphatic carbocycles. The minimum absolute atomic E-state index is 0.0559. The molecule has 1 spiro atoms. The molecule has 5 rings (SSSR count). The highest BCUT2D eigenvalue weighted by atomic mass is 16.3. The van der Waals surface area contributed by atoms with Crippen molar-refractivity contribution in [3.8, 4) is 11.1 Å². The third kappa shape index (κ3) is 3.45. The third-order valence-electron chi connectivity index (χ3n) is 6.31. The lowest BCUT2D eigenvalue weighted by Gasteiger charge is -2.19. The van der Waals surface area contributed by atoms with E-state index < -0.39 is 0 Å². The Labute approximate surface area is 181 Å². The van der Waals surface area contributed by atoms with Gasteiger partial charge in [0, 0.05) is 66.7 Å². The summed E-state index contributed by atoms with van der Waals surface area (Å²) in [6, 6.07) is 9.90. The topological polar surface area (TPSA) is 82.5 Å². The van der Waals surface area contributed by atoms with Crippen LogP contribution in [0.2, 0.25) is 0 Å². The fourth-order valence-electron chi connectivity index (χ4n) is 4.37. The molecule has 2 aliphatic rings. The first-order valence-corrected chi connectivity index (χ1v) is 10.5. The maximum atomic E-state index is 12.7. The lowest BCUT2D eigenvalue weighted by molar-refractivity contribution is 0.0767. The Balaban J connectivity index is 1.48. The molecule has 31 heavy (non-hydrogen) atoms. The number of fused-ring (bicyclic) bond motifs is 2. The van der Waals surface area contributed by atoms with E-state index in [1.165, 1.54) is 10.5 Å². The van der Waals surface area contributed by atoms with Crippen LogP contribution in [0.5, 0.6) is 0 Å². The number of hydrogen-bond donors (Lipinski definition) is 1. The number of carbonyl (C=O) groups excluding carboxylic acids is 1.